The fraction of sp³-hybridized carbons (Fsp3) is 0.258. The van der Waals surface area contributed by atoms with Gasteiger partial charge in [0, 0.05) is 10.4 Å². The number of halogens is 4. The third kappa shape index (κ3) is 5.43. The second-order valence-corrected chi connectivity index (χ2v) is 11.7. The van der Waals surface area contributed by atoms with Gasteiger partial charge >= 0.3 is 12.3 Å². The second kappa shape index (κ2) is 10.8. The molecule has 1 aliphatic heterocycles. The molecule has 1 saturated heterocycles. The molecule has 1 aromatic heterocycles. The third-order valence-corrected chi connectivity index (χ3v) is 8.51. The largest absolute Gasteiger partial charge is 0.496 e. The number of amides is 1. The zero-order valence-electron chi connectivity index (χ0n) is 22.3. The average molecular weight is 586 g/mol. The van der Waals surface area contributed by atoms with E-state index in [4.69, 9.17) is 21.1 Å². The Morgan fingerprint density at radius 1 is 0.975 bits per heavy atom. The van der Waals surface area contributed by atoms with E-state index < -0.39 is 30.0 Å². The normalized spacial score (nSPS) is 17.3. The maximum atomic E-state index is 13.8. The summed E-state index contributed by atoms with van der Waals surface area (Å²) in [5.41, 5.74) is 4.84. The van der Waals surface area contributed by atoms with Gasteiger partial charge in [-0.25, -0.2) is 4.79 Å². The number of hydrogen-bond acceptors (Lipinski definition) is 4. The van der Waals surface area contributed by atoms with Gasteiger partial charge in [0.15, 0.2) is 6.10 Å². The summed E-state index contributed by atoms with van der Waals surface area (Å²) in [6.45, 7) is 5.78. The molecule has 9 heteroatoms. The topological polar surface area (TPSA) is 38.8 Å². The van der Waals surface area contributed by atoms with E-state index in [0.717, 1.165) is 39.3 Å². The van der Waals surface area contributed by atoms with Crippen LogP contribution in [0, 0.1) is 13.8 Å². The van der Waals surface area contributed by atoms with E-state index in [2.05, 4.69) is 6.07 Å². The maximum absolute atomic E-state index is 13.8. The lowest BCUT2D eigenvalue weighted by molar-refractivity contribution is -0.137. The number of carbonyl (C=O) groups is 1. The summed E-state index contributed by atoms with van der Waals surface area (Å²) in [5.74, 6) is 0.512. The van der Waals surface area contributed by atoms with Crippen molar-refractivity contribution in [1.29, 1.82) is 0 Å². The van der Waals surface area contributed by atoms with Crippen molar-refractivity contribution >= 4 is 29.0 Å². The summed E-state index contributed by atoms with van der Waals surface area (Å²) >= 11 is 7.39. The van der Waals surface area contributed by atoms with Crippen molar-refractivity contribution in [2.45, 2.75) is 45.6 Å². The van der Waals surface area contributed by atoms with E-state index >= 15 is 0 Å². The number of cyclic esters (lactones) is 1. The van der Waals surface area contributed by atoms with Gasteiger partial charge in [0.25, 0.3) is 0 Å². The fourth-order valence-corrected chi connectivity index (χ4v) is 6.35. The number of carbonyl (C=O) groups excluding carboxylic acids is 1. The maximum Gasteiger partial charge on any atom is 0.416 e. The van der Waals surface area contributed by atoms with Crippen molar-refractivity contribution < 1.29 is 27.4 Å². The number of nitrogens with zero attached hydrogens (tertiary/aromatic N) is 1. The van der Waals surface area contributed by atoms with Crippen LogP contribution in [0.5, 0.6) is 5.75 Å². The van der Waals surface area contributed by atoms with E-state index in [1.165, 1.54) is 29.4 Å². The van der Waals surface area contributed by atoms with Crippen LogP contribution >= 0.6 is 22.9 Å². The highest BCUT2D eigenvalue weighted by atomic mass is 35.5. The van der Waals surface area contributed by atoms with Crippen LogP contribution in [-0.4, -0.2) is 24.1 Å². The minimum atomic E-state index is -4.55. The Balaban J connectivity index is 1.60. The van der Waals surface area contributed by atoms with Gasteiger partial charge in [0.2, 0.25) is 0 Å². The molecule has 1 aliphatic rings. The van der Waals surface area contributed by atoms with Crippen molar-refractivity contribution in [3.63, 3.8) is 0 Å². The van der Waals surface area contributed by atoms with Crippen LogP contribution in [0.15, 0.2) is 66.7 Å². The number of hydrogen-bond donors (Lipinski definition) is 0. The van der Waals surface area contributed by atoms with Crippen molar-refractivity contribution in [1.82, 2.24) is 4.90 Å². The number of benzene rings is 3. The van der Waals surface area contributed by atoms with E-state index in [-0.39, 0.29) is 6.54 Å². The Bertz CT molecular complexity index is 1580. The molecule has 5 rings (SSSR count). The Morgan fingerprint density at radius 3 is 2.38 bits per heavy atom. The van der Waals surface area contributed by atoms with Gasteiger partial charge < -0.3 is 9.47 Å². The molecule has 0 spiro atoms. The molecule has 2 heterocycles. The Labute approximate surface area is 239 Å². The van der Waals surface area contributed by atoms with Crippen LogP contribution in [0.25, 0.3) is 22.3 Å². The molecule has 3 aromatic carbocycles. The van der Waals surface area contributed by atoms with Crippen molar-refractivity contribution in [2.24, 2.45) is 0 Å². The average Bonchev–Trinajstić information content (AvgIpc) is 3.45. The molecule has 2 atom stereocenters. The van der Waals surface area contributed by atoms with E-state index in [0.29, 0.717) is 26.8 Å². The lowest BCUT2D eigenvalue weighted by atomic mass is 9.91. The predicted molar refractivity (Wildman–Crippen MR) is 152 cm³/mol. The molecule has 40 heavy (non-hydrogen) atoms. The van der Waals surface area contributed by atoms with Crippen LogP contribution < -0.4 is 4.74 Å². The predicted octanol–water partition coefficient (Wildman–Crippen LogP) is 9.46. The Kier molecular flexibility index (Phi) is 7.59. The first-order valence-electron chi connectivity index (χ1n) is 12.6. The zero-order chi connectivity index (χ0) is 28.8. The lowest BCUT2D eigenvalue weighted by Gasteiger charge is -2.23. The molecule has 0 radical (unpaired) electrons. The van der Waals surface area contributed by atoms with Gasteiger partial charge in [-0.2, -0.15) is 13.2 Å². The number of rotatable bonds is 6. The molecule has 1 fully saturated rings. The first kappa shape index (κ1) is 28.1. The van der Waals surface area contributed by atoms with Gasteiger partial charge in [-0.15, -0.1) is 11.3 Å². The van der Waals surface area contributed by atoms with Gasteiger partial charge in [-0.1, -0.05) is 47.5 Å². The summed E-state index contributed by atoms with van der Waals surface area (Å²) in [6.07, 6.45) is -5.71. The number of methoxy groups -OCH3 is 1. The molecule has 208 valence electrons. The van der Waals surface area contributed by atoms with E-state index in [9.17, 15) is 18.0 Å². The third-order valence-electron chi connectivity index (χ3n) is 7.22. The molecule has 2 unspecified atom stereocenters. The molecule has 0 saturated carbocycles. The molecular formula is C31H27ClF3NO3S. The fourth-order valence-electron chi connectivity index (χ4n) is 5.16. The summed E-state index contributed by atoms with van der Waals surface area (Å²) < 4.78 is 53.3. The van der Waals surface area contributed by atoms with Gasteiger partial charge in [-0.3, -0.25) is 4.90 Å². The Hall–Kier alpha value is -3.49. The van der Waals surface area contributed by atoms with E-state index in [1.807, 2.05) is 51.1 Å². The van der Waals surface area contributed by atoms with Crippen LogP contribution in [0.3, 0.4) is 0 Å². The monoisotopic (exact) mass is 585 g/mol. The minimum absolute atomic E-state index is 0.0776. The molecule has 4 nitrogen and oxygen atoms in total. The number of ether oxygens (including phenoxy) is 2. The SMILES string of the molecule is COc1ccc(-c2ccc(C)cc2C)cc1-c1ccc(C(F)(F)F)cc1CN1C(=O)OC(c2ccc(Cl)s2)C1C. The molecule has 4 aromatic rings. The first-order valence-corrected chi connectivity index (χ1v) is 13.8. The quantitative estimate of drug-likeness (QED) is 0.226. The van der Waals surface area contributed by atoms with Crippen molar-refractivity contribution in [3.05, 3.63) is 98.2 Å². The number of aryl methyl sites for hydroxylation is 2. The molecular weight excluding hydrogens is 559 g/mol. The van der Waals surface area contributed by atoms with Crippen molar-refractivity contribution in [2.75, 3.05) is 7.11 Å². The van der Waals surface area contributed by atoms with Gasteiger partial charge in [0.05, 0.1) is 29.6 Å². The molecule has 1 amide bonds. The van der Waals surface area contributed by atoms with E-state index in [1.54, 1.807) is 12.1 Å². The second-order valence-electron chi connectivity index (χ2n) is 9.92. The van der Waals surface area contributed by atoms with Crippen molar-refractivity contribution in [3.8, 4) is 28.0 Å². The summed E-state index contributed by atoms with van der Waals surface area (Å²) in [4.78, 5) is 15.2. The molecule has 0 bridgehead atoms. The lowest BCUT2D eigenvalue weighted by Crippen LogP contribution is -2.31. The molecule has 0 N–H and O–H groups in total. The summed E-state index contributed by atoms with van der Waals surface area (Å²) in [6, 6.07) is 18.5. The highest BCUT2D eigenvalue weighted by Crippen LogP contribution is 2.42. The molecule has 0 aliphatic carbocycles. The van der Waals surface area contributed by atoms with Crippen LogP contribution in [0.2, 0.25) is 4.34 Å². The van der Waals surface area contributed by atoms with Crippen LogP contribution in [0.1, 0.15) is 40.2 Å². The summed E-state index contributed by atoms with van der Waals surface area (Å²) in [7, 11) is 1.52. The van der Waals surface area contributed by atoms with Crippen LogP contribution in [0.4, 0.5) is 18.0 Å². The minimum Gasteiger partial charge on any atom is -0.496 e. The summed E-state index contributed by atoms with van der Waals surface area (Å²) in [5, 5.41) is 0. The number of alkyl halides is 3. The highest BCUT2D eigenvalue weighted by molar-refractivity contribution is 7.16. The smallest absolute Gasteiger partial charge is 0.416 e. The van der Waals surface area contributed by atoms with Gasteiger partial charge in [0.1, 0.15) is 5.75 Å². The van der Waals surface area contributed by atoms with Crippen LogP contribution in [-0.2, 0) is 17.5 Å². The first-order chi connectivity index (χ1) is 19.0. The highest BCUT2D eigenvalue weighted by Gasteiger charge is 2.41. The standard InChI is InChI=1S/C31H27ClF3NO3S/c1-17-5-8-23(18(2)13-17)20-6-10-26(38-4)25(15-20)24-9-7-22(31(33,34)35)14-21(24)16-36-19(3)29(39-30(36)37)27-11-12-28(32)40-27/h5-15,19,29H,16H2,1-4H3. The van der Waals surface area contributed by atoms with Gasteiger partial charge in [-0.05, 0) is 85.0 Å². The Morgan fingerprint density at radius 2 is 1.73 bits per heavy atom. The number of thiophene rings is 1. The zero-order valence-corrected chi connectivity index (χ0v) is 23.9.